The number of benzene rings is 2. The number of nitrogens with one attached hydrogen (secondary N) is 1. The first kappa shape index (κ1) is 26.2. The standard InChI is InChI=1S/C30H32N4O5/c1-19-16-34(20(2)18-35)29(36)24-13-22(26-14-21-9-7-8-12-25(21)38-26)15-31-28(24)39-27(19)17-33(3)30(37)32-23-10-5-4-6-11-23/h4-15,19-20,27,35H,16-18H2,1-3H3,(H,32,37)/t19-,20+,27-/m0/s1. The number of carbonyl (C=O) groups is 2. The van der Waals surface area contributed by atoms with E-state index in [-0.39, 0.29) is 42.5 Å². The molecule has 2 aromatic heterocycles. The van der Waals surface area contributed by atoms with E-state index in [2.05, 4.69) is 10.3 Å². The van der Waals surface area contributed by atoms with Gasteiger partial charge in [-0.25, -0.2) is 9.78 Å². The molecule has 0 saturated heterocycles. The number of para-hydroxylation sites is 2. The Kier molecular flexibility index (Phi) is 7.51. The van der Waals surface area contributed by atoms with Crippen LogP contribution in [0, 0.1) is 5.92 Å². The van der Waals surface area contributed by atoms with Crippen molar-refractivity contribution >= 4 is 28.6 Å². The second-order valence-corrected chi connectivity index (χ2v) is 10.0. The summed E-state index contributed by atoms with van der Waals surface area (Å²) >= 11 is 0. The highest BCUT2D eigenvalue weighted by atomic mass is 16.5. The molecule has 39 heavy (non-hydrogen) atoms. The lowest BCUT2D eigenvalue weighted by atomic mass is 9.99. The first-order valence-corrected chi connectivity index (χ1v) is 13.0. The first-order chi connectivity index (χ1) is 18.8. The van der Waals surface area contributed by atoms with Crippen LogP contribution in [-0.2, 0) is 0 Å². The number of ether oxygens (including phenoxy) is 1. The Hall–Kier alpha value is -4.37. The van der Waals surface area contributed by atoms with E-state index in [9.17, 15) is 14.7 Å². The number of aromatic nitrogens is 1. The van der Waals surface area contributed by atoms with E-state index in [1.165, 1.54) is 0 Å². The third kappa shape index (κ3) is 5.58. The second-order valence-electron chi connectivity index (χ2n) is 10.0. The Balaban J connectivity index is 1.45. The van der Waals surface area contributed by atoms with Gasteiger partial charge in [0.2, 0.25) is 5.88 Å². The van der Waals surface area contributed by atoms with Crippen molar-refractivity contribution in [1.29, 1.82) is 0 Å². The smallest absolute Gasteiger partial charge is 0.321 e. The summed E-state index contributed by atoms with van der Waals surface area (Å²) in [5, 5.41) is 13.7. The molecule has 2 N–H and O–H groups in total. The van der Waals surface area contributed by atoms with Crippen LogP contribution in [0.2, 0.25) is 0 Å². The molecular weight excluding hydrogens is 496 g/mol. The number of hydrogen-bond acceptors (Lipinski definition) is 6. The molecule has 0 spiro atoms. The maximum Gasteiger partial charge on any atom is 0.321 e. The molecule has 1 aliphatic heterocycles. The molecule has 9 nitrogen and oxygen atoms in total. The van der Waals surface area contributed by atoms with Gasteiger partial charge in [0.1, 0.15) is 23.0 Å². The van der Waals surface area contributed by atoms with Gasteiger partial charge < -0.3 is 29.4 Å². The van der Waals surface area contributed by atoms with Gasteiger partial charge in [0.25, 0.3) is 5.91 Å². The van der Waals surface area contributed by atoms with E-state index in [1.807, 2.05) is 67.6 Å². The lowest BCUT2D eigenvalue weighted by molar-refractivity contribution is 0.0356. The molecule has 0 saturated carbocycles. The number of amides is 3. The minimum absolute atomic E-state index is 0.153. The van der Waals surface area contributed by atoms with E-state index < -0.39 is 12.1 Å². The van der Waals surface area contributed by atoms with Crippen LogP contribution in [0.4, 0.5) is 10.5 Å². The summed E-state index contributed by atoms with van der Waals surface area (Å²) in [7, 11) is 1.70. The Morgan fingerprint density at radius 2 is 1.92 bits per heavy atom. The van der Waals surface area contributed by atoms with Crippen LogP contribution in [-0.4, -0.2) is 70.7 Å². The van der Waals surface area contributed by atoms with Gasteiger partial charge in [0.05, 0.1) is 19.2 Å². The molecule has 0 fully saturated rings. The second kappa shape index (κ2) is 11.2. The molecule has 3 atom stereocenters. The number of aliphatic hydroxyl groups is 1. The number of hydrogen-bond donors (Lipinski definition) is 2. The van der Waals surface area contributed by atoms with Crippen LogP contribution in [0.1, 0.15) is 24.2 Å². The Morgan fingerprint density at radius 1 is 1.18 bits per heavy atom. The molecule has 0 bridgehead atoms. The zero-order valence-electron chi connectivity index (χ0n) is 22.2. The molecule has 5 rings (SSSR count). The monoisotopic (exact) mass is 528 g/mol. The van der Waals surface area contributed by atoms with Crippen LogP contribution in [0.15, 0.2) is 77.3 Å². The van der Waals surface area contributed by atoms with E-state index in [1.54, 1.807) is 36.0 Å². The maximum absolute atomic E-state index is 13.7. The zero-order chi connectivity index (χ0) is 27.5. The fourth-order valence-electron chi connectivity index (χ4n) is 4.67. The minimum Gasteiger partial charge on any atom is -0.472 e. The van der Waals surface area contributed by atoms with Gasteiger partial charge >= 0.3 is 6.03 Å². The number of carbonyl (C=O) groups excluding carboxylic acids is 2. The van der Waals surface area contributed by atoms with E-state index in [0.29, 0.717) is 23.6 Å². The number of urea groups is 1. The van der Waals surface area contributed by atoms with Crippen LogP contribution >= 0.6 is 0 Å². The molecule has 2 aromatic carbocycles. The van der Waals surface area contributed by atoms with Crippen molar-refractivity contribution in [1.82, 2.24) is 14.8 Å². The van der Waals surface area contributed by atoms with Crippen molar-refractivity contribution in [3.05, 3.63) is 78.5 Å². The average Bonchev–Trinajstić information content (AvgIpc) is 3.39. The van der Waals surface area contributed by atoms with E-state index >= 15 is 0 Å². The quantitative estimate of drug-likeness (QED) is 0.369. The number of likely N-dealkylation sites (N-methyl/N-ethyl adjacent to an activating group) is 1. The lowest BCUT2D eigenvalue weighted by Crippen LogP contribution is -2.50. The SMILES string of the molecule is C[C@H](CO)N1C[C@H](C)[C@H](CN(C)C(=O)Nc2ccccc2)Oc2ncc(-c3cc4ccccc4o3)cc2C1=O. The van der Waals surface area contributed by atoms with Gasteiger partial charge in [0.15, 0.2) is 0 Å². The largest absolute Gasteiger partial charge is 0.472 e. The highest BCUT2D eigenvalue weighted by molar-refractivity contribution is 5.98. The van der Waals surface area contributed by atoms with Gasteiger partial charge in [-0.1, -0.05) is 43.3 Å². The van der Waals surface area contributed by atoms with Crippen LogP contribution in [0.5, 0.6) is 5.88 Å². The van der Waals surface area contributed by atoms with Crippen molar-refractivity contribution in [2.24, 2.45) is 5.92 Å². The Bertz CT molecular complexity index is 1440. The molecule has 3 amide bonds. The number of furan rings is 1. The molecule has 1 aliphatic rings. The summed E-state index contributed by atoms with van der Waals surface area (Å²) in [6.07, 6.45) is 1.17. The summed E-state index contributed by atoms with van der Waals surface area (Å²) in [6.45, 7) is 4.19. The zero-order valence-corrected chi connectivity index (χ0v) is 22.2. The van der Waals surface area contributed by atoms with Gasteiger partial charge in [-0.2, -0.15) is 0 Å². The normalized spacial score (nSPS) is 18.1. The van der Waals surface area contributed by atoms with Crippen molar-refractivity contribution in [3.63, 3.8) is 0 Å². The lowest BCUT2D eigenvalue weighted by Gasteiger charge is -2.37. The van der Waals surface area contributed by atoms with Gasteiger partial charge in [-0.05, 0) is 37.3 Å². The topological polar surface area (TPSA) is 108 Å². The predicted octanol–water partition coefficient (Wildman–Crippen LogP) is 4.88. The van der Waals surface area contributed by atoms with Crippen LogP contribution < -0.4 is 10.1 Å². The summed E-state index contributed by atoms with van der Waals surface area (Å²) < 4.78 is 12.3. The summed E-state index contributed by atoms with van der Waals surface area (Å²) in [4.78, 5) is 34.3. The van der Waals surface area contributed by atoms with E-state index in [4.69, 9.17) is 9.15 Å². The number of fused-ring (bicyclic) bond motifs is 2. The highest BCUT2D eigenvalue weighted by Gasteiger charge is 2.35. The fraction of sp³-hybridized carbons (Fsp3) is 0.300. The third-order valence-corrected chi connectivity index (χ3v) is 7.06. The number of nitrogens with zero attached hydrogens (tertiary/aromatic N) is 3. The molecular formula is C30H32N4O5. The molecule has 3 heterocycles. The number of rotatable bonds is 6. The van der Waals surface area contributed by atoms with Crippen molar-refractivity contribution in [3.8, 4) is 17.2 Å². The molecule has 0 unspecified atom stereocenters. The molecule has 9 heteroatoms. The summed E-state index contributed by atoms with van der Waals surface area (Å²) in [5.74, 6) is 0.339. The van der Waals surface area contributed by atoms with Gasteiger partial charge in [-0.3, -0.25) is 4.79 Å². The van der Waals surface area contributed by atoms with E-state index in [0.717, 1.165) is 11.0 Å². The van der Waals surface area contributed by atoms with Crippen LogP contribution in [0.3, 0.4) is 0 Å². The molecule has 0 aliphatic carbocycles. The number of aliphatic hydroxyl groups excluding tert-OH is 1. The predicted molar refractivity (Wildman–Crippen MR) is 149 cm³/mol. The maximum atomic E-state index is 13.7. The van der Waals surface area contributed by atoms with Crippen molar-refractivity contribution in [2.45, 2.75) is 26.0 Å². The average molecular weight is 529 g/mol. The van der Waals surface area contributed by atoms with Gasteiger partial charge in [-0.15, -0.1) is 0 Å². The summed E-state index contributed by atoms with van der Waals surface area (Å²) in [5.41, 5.74) is 2.35. The fourth-order valence-corrected chi connectivity index (χ4v) is 4.67. The molecule has 0 radical (unpaired) electrons. The number of anilines is 1. The minimum atomic E-state index is -0.457. The van der Waals surface area contributed by atoms with Crippen molar-refractivity contribution in [2.75, 3.05) is 32.1 Å². The summed E-state index contributed by atoms with van der Waals surface area (Å²) in [6, 6.07) is 19.8. The third-order valence-electron chi connectivity index (χ3n) is 7.06. The first-order valence-electron chi connectivity index (χ1n) is 13.0. The molecule has 202 valence electrons. The highest BCUT2D eigenvalue weighted by Crippen LogP contribution is 2.33. The number of pyridine rings is 1. The van der Waals surface area contributed by atoms with Crippen LogP contribution in [0.25, 0.3) is 22.3 Å². The molecule has 4 aromatic rings. The Morgan fingerprint density at radius 3 is 2.67 bits per heavy atom. The Labute approximate surface area is 227 Å². The van der Waals surface area contributed by atoms with Gasteiger partial charge in [0, 0.05) is 42.3 Å². The van der Waals surface area contributed by atoms with Crippen molar-refractivity contribution < 1.29 is 23.8 Å².